The van der Waals surface area contributed by atoms with Gasteiger partial charge < -0.3 is 15.8 Å². The van der Waals surface area contributed by atoms with Crippen LogP contribution in [0.4, 0.5) is 5.69 Å². The van der Waals surface area contributed by atoms with Crippen molar-refractivity contribution in [3.05, 3.63) is 35.4 Å². The number of methoxy groups -OCH3 is 1. The van der Waals surface area contributed by atoms with E-state index in [4.69, 9.17) is 15.7 Å². The Kier molecular flexibility index (Phi) is 3.81. The van der Waals surface area contributed by atoms with E-state index in [2.05, 4.69) is 21.6 Å². The number of carbonyl (C=O) groups is 1. The standard InChI is InChI=1S/C16H15N5O2/c1-23-14-7-12(16(18)22)15(21-20-14)11-5-2-9(8-17)6-13(11)19-10-3-4-10/h2,5-7,10,19H,3-4H2,1H3,(H2,18,22). The van der Waals surface area contributed by atoms with E-state index in [0.717, 1.165) is 18.5 Å². The molecule has 0 radical (unpaired) electrons. The van der Waals surface area contributed by atoms with Crippen LogP contribution >= 0.6 is 0 Å². The smallest absolute Gasteiger partial charge is 0.251 e. The van der Waals surface area contributed by atoms with Crippen LogP contribution in [0.15, 0.2) is 24.3 Å². The highest BCUT2D eigenvalue weighted by Crippen LogP contribution is 2.34. The summed E-state index contributed by atoms with van der Waals surface area (Å²) in [5.41, 5.74) is 8.00. The third-order valence-electron chi connectivity index (χ3n) is 3.59. The molecule has 3 rings (SSSR count). The van der Waals surface area contributed by atoms with Crippen LogP contribution in [-0.4, -0.2) is 29.3 Å². The van der Waals surface area contributed by atoms with Crippen LogP contribution in [-0.2, 0) is 0 Å². The summed E-state index contributed by atoms with van der Waals surface area (Å²) in [7, 11) is 1.44. The third-order valence-corrected chi connectivity index (χ3v) is 3.59. The second kappa shape index (κ2) is 5.93. The monoisotopic (exact) mass is 309 g/mol. The Labute approximate surface area is 133 Å². The lowest BCUT2D eigenvalue weighted by molar-refractivity contribution is 0.1000. The van der Waals surface area contributed by atoms with Crippen molar-refractivity contribution in [1.82, 2.24) is 10.2 Å². The van der Waals surface area contributed by atoms with Gasteiger partial charge in [-0.25, -0.2) is 0 Å². The second-order valence-electron chi connectivity index (χ2n) is 5.30. The maximum atomic E-state index is 11.8. The molecule has 2 aromatic rings. The highest BCUT2D eigenvalue weighted by molar-refractivity contribution is 6.00. The largest absolute Gasteiger partial charge is 0.480 e. The number of benzene rings is 1. The van der Waals surface area contributed by atoms with E-state index in [1.807, 2.05) is 0 Å². The van der Waals surface area contributed by atoms with Gasteiger partial charge in [0.25, 0.3) is 5.91 Å². The van der Waals surface area contributed by atoms with E-state index in [1.54, 1.807) is 18.2 Å². The topological polar surface area (TPSA) is 114 Å². The van der Waals surface area contributed by atoms with Crippen molar-refractivity contribution in [2.45, 2.75) is 18.9 Å². The van der Waals surface area contributed by atoms with Gasteiger partial charge in [-0.1, -0.05) is 0 Å². The molecule has 0 atom stereocenters. The van der Waals surface area contributed by atoms with Gasteiger partial charge in [0.05, 0.1) is 24.3 Å². The molecule has 0 saturated heterocycles. The Balaban J connectivity index is 2.13. The number of hydrogen-bond donors (Lipinski definition) is 2. The van der Waals surface area contributed by atoms with Gasteiger partial charge in [0, 0.05) is 23.4 Å². The summed E-state index contributed by atoms with van der Waals surface area (Å²) in [5.74, 6) is -0.400. The van der Waals surface area contributed by atoms with Gasteiger partial charge in [0.15, 0.2) is 0 Å². The fraction of sp³-hybridized carbons (Fsp3) is 0.250. The Morgan fingerprint density at radius 3 is 2.78 bits per heavy atom. The molecule has 1 fully saturated rings. The molecule has 7 nitrogen and oxygen atoms in total. The summed E-state index contributed by atoms with van der Waals surface area (Å²) in [6.45, 7) is 0. The van der Waals surface area contributed by atoms with E-state index < -0.39 is 5.91 Å². The highest BCUT2D eigenvalue weighted by atomic mass is 16.5. The molecule has 116 valence electrons. The quantitative estimate of drug-likeness (QED) is 0.868. The van der Waals surface area contributed by atoms with Crippen LogP contribution in [0, 0.1) is 11.3 Å². The van der Waals surface area contributed by atoms with Crippen LogP contribution < -0.4 is 15.8 Å². The van der Waals surface area contributed by atoms with Gasteiger partial charge >= 0.3 is 0 Å². The Morgan fingerprint density at radius 2 is 2.17 bits per heavy atom. The number of aromatic nitrogens is 2. The fourth-order valence-electron chi connectivity index (χ4n) is 2.25. The number of primary amides is 1. The van der Waals surface area contributed by atoms with E-state index in [9.17, 15) is 4.79 Å². The van der Waals surface area contributed by atoms with Crippen molar-refractivity contribution in [2.75, 3.05) is 12.4 Å². The highest BCUT2D eigenvalue weighted by Gasteiger charge is 2.24. The van der Waals surface area contributed by atoms with Crippen molar-refractivity contribution in [3.63, 3.8) is 0 Å². The number of carbonyl (C=O) groups excluding carboxylic acids is 1. The van der Waals surface area contributed by atoms with Gasteiger partial charge in [-0.15, -0.1) is 10.2 Å². The maximum absolute atomic E-state index is 11.8. The van der Waals surface area contributed by atoms with Gasteiger partial charge in [-0.05, 0) is 31.0 Å². The number of ether oxygens (including phenoxy) is 1. The molecule has 3 N–H and O–H groups in total. The third kappa shape index (κ3) is 3.06. The number of nitrogens with zero attached hydrogens (tertiary/aromatic N) is 3. The van der Waals surface area contributed by atoms with Gasteiger partial charge in [0.1, 0.15) is 5.69 Å². The number of anilines is 1. The number of hydrogen-bond acceptors (Lipinski definition) is 6. The number of rotatable bonds is 5. The lowest BCUT2D eigenvalue weighted by Gasteiger charge is -2.13. The summed E-state index contributed by atoms with van der Waals surface area (Å²) in [4.78, 5) is 11.8. The van der Waals surface area contributed by atoms with Crippen molar-refractivity contribution in [1.29, 1.82) is 5.26 Å². The lowest BCUT2D eigenvalue weighted by atomic mass is 10.0. The van der Waals surface area contributed by atoms with Crippen molar-refractivity contribution in [2.24, 2.45) is 5.73 Å². The zero-order valence-corrected chi connectivity index (χ0v) is 12.5. The van der Waals surface area contributed by atoms with Crippen LogP contribution in [0.1, 0.15) is 28.8 Å². The van der Waals surface area contributed by atoms with Crippen LogP contribution in [0.2, 0.25) is 0 Å². The Morgan fingerprint density at radius 1 is 1.39 bits per heavy atom. The molecule has 1 amide bonds. The van der Waals surface area contributed by atoms with E-state index in [1.165, 1.54) is 13.2 Å². The van der Waals surface area contributed by atoms with Gasteiger partial charge in [-0.3, -0.25) is 4.79 Å². The molecule has 23 heavy (non-hydrogen) atoms. The molecule has 0 aliphatic heterocycles. The molecule has 1 aliphatic rings. The molecule has 1 saturated carbocycles. The molecule has 7 heteroatoms. The first kappa shape index (κ1) is 14.8. The molecule has 1 aliphatic carbocycles. The normalized spacial score (nSPS) is 13.2. The average Bonchev–Trinajstić information content (AvgIpc) is 3.38. The average molecular weight is 309 g/mol. The summed E-state index contributed by atoms with van der Waals surface area (Å²) in [6.07, 6.45) is 2.15. The minimum atomic E-state index is -0.616. The van der Waals surface area contributed by atoms with E-state index >= 15 is 0 Å². The van der Waals surface area contributed by atoms with E-state index in [-0.39, 0.29) is 11.4 Å². The molecular weight excluding hydrogens is 294 g/mol. The number of nitriles is 1. The summed E-state index contributed by atoms with van der Waals surface area (Å²) in [6, 6.07) is 9.10. The molecule has 0 bridgehead atoms. The SMILES string of the molecule is COc1cc(C(N)=O)c(-c2ccc(C#N)cc2NC2CC2)nn1. The predicted octanol–water partition coefficient (Wildman–Crippen LogP) is 1.70. The predicted molar refractivity (Wildman–Crippen MR) is 83.9 cm³/mol. The first-order valence-electron chi connectivity index (χ1n) is 7.15. The van der Waals surface area contributed by atoms with Crippen molar-refractivity contribution < 1.29 is 9.53 Å². The molecular formula is C16H15N5O2. The van der Waals surface area contributed by atoms with Crippen LogP contribution in [0.3, 0.4) is 0 Å². The minimum absolute atomic E-state index is 0.216. The van der Waals surface area contributed by atoms with Crippen LogP contribution in [0.25, 0.3) is 11.3 Å². The summed E-state index contributed by atoms with van der Waals surface area (Å²) >= 11 is 0. The zero-order chi connectivity index (χ0) is 16.4. The maximum Gasteiger partial charge on any atom is 0.251 e. The lowest BCUT2D eigenvalue weighted by Crippen LogP contribution is -2.15. The van der Waals surface area contributed by atoms with Crippen LogP contribution in [0.5, 0.6) is 5.88 Å². The Bertz CT molecular complexity index is 809. The number of nitrogens with two attached hydrogens (primary N) is 1. The van der Waals surface area contributed by atoms with Crippen molar-refractivity contribution >= 4 is 11.6 Å². The zero-order valence-electron chi connectivity index (χ0n) is 12.5. The van der Waals surface area contributed by atoms with Gasteiger partial charge in [-0.2, -0.15) is 5.26 Å². The summed E-state index contributed by atoms with van der Waals surface area (Å²) in [5, 5.41) is 20.4. The fourth-order valence-corrected chi connectivity index (χ4v) is 2.25. The van der Waals surface area contributed by atoms with Crippen molar-refractivity contribution in [3.8, 4) is 23.2 Å². The number of nitrogens with one attached hydrogen (secondary N) is 1. The molecule has 0 unspecified atom stereocenters. The Hall–Kier alpha value is -3.14. The first-order valence-corrected chi connectivity index (χ1v) is 7.15. The molecule has 1 aromatic carbocycles. The molecule has 1 aromatic heterocycles. The minimum Gasteiger partial charge on any atom is -0.480 e. The molecule has 1 heterocycles. The molecule has 0 spiro atoms. The first-order chi connectivity index (χ1) is 11.1. The number of amides is 1. The second-order valence-corrected chi connectivity index (χ2v) is 5.30. The summed E-state index contributed by atoms with van der Waals surface area (Å²) < 4.78 is 5.00. The van der Waals surface area contributed by atoms with E-state index in [0.29, 0.717) is 22.9 Å². The van der Waals surface area contributed by atoms with Gasteiger partial charge in [0.2, 0.25) is 5.88 Å².